The first kappa shape index (κ1) is 17.3. The average Bonchev–Trinajstić information content (AvgIpc) is 3.12. The van der Waals surface area contributed by atoms with Crippen LogP contribution in [0.25, 0.3) is 16.9 Å². The van der Waals surface area contributed by atoms with E-state index in [1.165, 1.54) is 5.57 Å². The number of fused-ring (bicyclic) bond motifs is 1. The number of nitriles is 1. The van der Waals surface area contributed by atoms with E-state index in [0.29, 0.717) is 23.6 Å². The normalized spacial score (nSPS) is 11.8. The Morgan fingerprint density at radius 2 is 2.15 bits per heavy atom. The van der Waals surface area contributed by atoms with E-state index >= 15 is 0 Å². The van der Waals surface area contributed by atoms with Gasteiger partial charge in [0.2, 0.25) is 0 Å². The Morgan fingerprint density at radius 3 is 2.92 bits per heavy atom. The summed E-state index contributed by atoms with van der Waals surface area (Å²) in [6, 6.07) is 9.95. The van der Waals surface area contributed by atoms with Crippen molar-refractivity contribution >= 4 is 11.0 Å². The zero-order valence-corrected chi connectivity index (χ0v) is 14.6. The van der Waals surface area contributed by atoms with E-state index in [0.717, 1.165) is 17.5 Å². The van der Waals surface area contributed by atoms with E-state index < -0.39 is 0 Å². The number of aromatic nitrogens is 4. The van der Waals surface area contributed by atoms with Gasteiger partial charge >= 0.3 is 0 Å². The molecule has 0 saturated carbocycles. The fourth-order valence-corrected chi connectivity index (χ4v) is 2.69. The smallest absolute Gasteiger partial charge is 0.160 e. The Bertz CT molecular complexity index is 1030. The molecular weight excluding hydrogens is 322 g/mol. The van der Waals surface area contributed by atoms with Gasteiger partial charge in [0.25, 0.3) is 0 Å². The first-order valence-electron chi connectivity index (χ1n) is 8.39. The van der Waals surface area contributed by atoms with E-state index in [9.17, 15) is 5.26 Å². The number of allylic oxidation sites excluding steroid dienone is 5. The SMILES string of the molecule is C=C/C=C\C(=C/C)CCc1ncc(C#N)c(-n2cnc3ccccc32)n1. The van der Waals surface area contributed by atoms with Gasteiger partial charge < -0.3 is 0 Å². The monoisotopic (exact) mass is 341 g/mol. The van der Waals surface area contributed by atoms with Crippen molar-refractivity contribution in [2.45, 2.75) is 19.8 Å². The lowest BCUT2D eigenvalue weighted by Crippen LogP contribution is -2.05. The van der Waals surface area contributed by atoms with Crippen LogP contribution in [0.15, 0.2) is 73.2 Å². The fourth-order valence-electron chi connectivity index (χ4n) is 2.69. The van der Waals surface area contributed by atoms with Crippen LogP contribution in [0.2, 0.25) is 0 Å². The zero-order valence-electron chi connectivity index (χ0n) is 14.6. The summed E-state index contributed by atoms with van der Waals surface area (Å²) >= 11 is 0. The summed E-state index contributed by atoms with van der Waals surface area (Å²) < 4.78 is 1.84. The maximum Gasteiger partial charge on any atom is 0.160 e. The third-order valence-corrected chi connectivity index (χ3v) is 4.08. The lowest BCUT2D eigenvalue weighted by atomic mass is 10.1. The van der Waals surface area contributed by atoms with Gasteiger partial charge in [-0.3, -0.25) is 4.57 Å². The molecular formula is C21H19N5. The molecule has 2 aromatic heterocycles. The van der Waals surface area contributed by atoms with E-state index in [1.54, 1.807) is 18.6 Å². The van der Waals surface area contributed by atoms with Crippen molar-refractivity contribution in [2.75, 3.05) is 0 Å². The summed E-state index contributed by atoms with van der Waals surface area (Å²) in [5.74, 6) is 1.26. The molecule has 0 bridgehead atoms. The van der Waals surface area contributed by atoms with Crippen LogP contribution in [-0.2, 0) is 6.42 Å². The van der Waals surface area contributed by atoms with Gasteiger partial charge in [0, 0.05) is 6.42 Å². The Labute approximate surface area is 152 Å². The number of hydrogen-bond donors (Lipinski definition) is 0. The number of rotatable bonds is 6. The van der Waals surface area contributed by atoms with Crippen LogP contribution >= 0.6 is 0 Å². The molecule has 0 atom stereocenters. The molecule has 26 heavy (non-hydrogen) atoms. The lowest BCUT2D eigenvalue weighted by molar-refractivity contribution is 0.837. The molecule has 0 amide bonds. The first-order valence-corrected chi connectivity index (χ1v) is 8.39. The van der Waals surface area contributed by atoms with Gasteiger partial charge in [0.15, 0.2) is 5.82 Å². The zero-order chi connectivity index (χ0) is 18.4. The molecule has 0 aliphatic heterocycles. The van der Waals surface area contributed by atoms with Crippen molar-refractivity contribution in [2.24, 2.45) is 0 Å². The molecule has 3 aromatic rings. The number of aryl methyl sites for hydroxylation is 1. The Morgan fingerprint density at radius 1 is 1.31 bits per heavy atom. The van der Waals surface area contributed by atoms with Gasteiger partial charge in [-0.25, -0.2) is 15.0 Å². The molecule has 128 valence electrons. The minimum atomic E-state index is 0.426. The second-order valence-electron chi connectivity index (χ2n) is 5.70. The lowest BCUT2D eigenvalue weighted by Gasteiger charge is -2.08. The number of benzene rings is 1. The van der Waals surface area contributed by atoms with Crippen LogP contribution < -0.4 is 0 Å². The second kappa shape index (κ2) is 8.04. The maximum absolute atomic E-state index is 9.44. The molecule has 5 heteroatoms. The topological polar surface area (TPSA) is 67.4 Å². The molecule has 0 saturated heterocycles. The van der Waals surface area contributed by atoms with Gasteiger partial charge in [-0.1, -0.05) is 48.6 Å². The van der Waals surface area contributed by atoms with Crippen molar-refractivity contribution in [1.82, 2.24) is 19.5 Å². The summed E-state index contributed by atoms with van der Waals surface area (Å²) in [6.45, 7) is 5.70. The van der Waals surface area contributed by atoms with Gasteiger partial charge in [0.1, 0.15) is 23.8 Å². The summed E-state index contributed by atoms with van der Waals surface area (Å²) in [5, 5.41) is 9.44. The summed E-state index contributed by atoms with van der Waals surface area (Å²) in [7, 11) is 0. The summed E-state index contributed by atoms with van der Waals surface area (Å²) in [5.41, 5.74) is 3.39. The predicted molar refractivity (Wildman–Crippen MR) is 103 cm³/mol. The molecule has 5 nitrogen and oxygen atoms in total. The summed E-state index contributed by atoms with van der Waals surface area (Å²) in [6.07, 6.45) is 12.5. The van der Waals surface area contributed by atoms with Gasteiger partial charge in [-0.15, -0.1) is 0 Å². The highest BCUT2D eigenvalue weighted by molar-refractivity contribution is 5.77. The highest BCUT2D eigenvalue weighted by Crippen LogP contribution is 2.19. The first-order chi connectivity index (χ1) is 12.8. The molecule has 3 rings (SSSR count). The molecule has 1 aromatic carbocycles. The minimum absolute atomic E-state index is 0.426. The summed E-state index contributed by atoms with van der Waals surface area (Å²) in [4.78, 5) is 13.4. The van der Waals surface area contributed by atoms with Crippen molar-refractivity contribution in [3.63, 3.8) is 0 Å². The van der Waals surface area contributed by atoms with Crippen molar-refractivity contribution in [3.05, 3.63) is 84.6 Å². The Balaban J connectivity index is 1.94. The third kappa shape index (κ3) is 3.60. The van der Waals surface area contributed by atoms with Crippen LogP contribution in [0, 0.1) is 11.3 Å². The number of para-hydroxylation sites is 2. The molecule has 0 aliphatic rings. The average molecular weight is 341 g/mol. The van der Waals surface area contributed by atoms with Crippen LogP contribution in [0.3, 0.4) is 0 Å². The van der Waals surface area contributed by atoms with E-state index in [1.807, 2.05) is 47.9 Å². The molecule has 0 radical (unpaired) electrons. The highest BCUT2D eigenvalue weighted by Gasteiger charge is 2.12. The molecule has 0 N–H and O–H groups in total. The quantitative estimate of drug-likeness (QED) is 0.627. The molecule has 0 fully saturated rings. The van der Waals surface area contributed by atoms with Crippen molar-refractivity contribution < 1.29 is 0 Å². The van der Waals surface area contributed by atoms with Crippen LogP contribution in [-0.4, -0.2) is 19.5 Å². The fraction of sp³-hybridized carbons (Fsp3) is 0.143. The number of hydrogen-bond acceptors (Lipinski definition) is 4. The van der Waals surface area contributed by atoms with Crippen molar-refractivity contribution in [3.8, 4) is 11.9 Å². The van der Waals surface area contributed by atoms with E-state index in [-0.39, 0.29) is 0 Å². The Hall–Kier alpha value is -3.52. The Kier molecular flexibility index (Phi) is 5.35. The van der Waals surface area contributed by atoms with Gasteiger partial charge in [0.05, 0.1) is 17.2 Å². The number of nitrogens with zero attached hydrogens (tertiary/aromatic N) is 5. The predicted octanol–water partition coefficient (Wildman–Crippen LogP) is 4.31. The van der Waals surface area contributed by atoms with E-state index in [2.05, 4.69) is 33.7 Å². The van der Waals surface area contributed by atoms with Gasteiger partial charge in [-0.2, -0.15) is 5.26 Å². The number of imidazole rings is 1. The molecule has 2 heterocycles. The standard InChI is InChI=1S/C21H19N5/c1-3-5-8-16(4-2)11-12-20-23-14-17(13-22)21(25-20)26-15-24-18-9-6-7-10-19(18)26/h3-10,14-15H,1,11-12H2,2H3/b8-5-,16-4+. The second-order valence-corrected chi connectivity index (χ2v) is 5.70. The third-order valence-electron chi connectivity index (χ3n) is 4.08. The van der Waals surface area contributed by atoms with Crippen LogP contribution in [0.1, 0.15) is 24.7 Å². The van der Waals surface area contributed by atoms with Crippen molar-refractivity contribution in [1.29, 1.82) is 5.26 Å². The molecule has 0 spiro atoms. The van der Waals surface area contributed by atoms with E-state index in [4.69, 9.17) is 0 Å². The van der Waals surface area contributed by atoms with Crippen LogP contribution in [0.4, 0.5) is 0 Å². The highest BCUT2D eigenvalue weighted by atomic mass is 15.1. The van der Waals surface area contributed by atoms with Gasteiger partial charge in [-0.05, 0) is 25.5 Å². The molecule has 0 aliphatic carbocycles. The minimum Gasteiger partial charge on any atom is -0.282 e. The molecule has 0 unspecified atom stereocenters. The van der Waals surface area contributed by atoms with Crippen LogP contribution in [0.5, 0.6) is 0 Å². The largest absolute Gasteiger partial charge is 0.282 e. The maximum atomic E-state index is 9.44.